The largest absolute Gasteiger partial charge is 0.465 e. The topological polar surface area (TPSA) is 71.1 Å². The molecule has 4 rings (SSSR count). The summed E-state index contributed by atoms with van der Waals surface area (Å²) in [7, 11) is 1.32. The van der Waals surface area contributed by atoms with Crippen molar-refractivity contribution in [1.29, 1.82) is 0 Å². The van der Waals surface area contributed by atoms with Crippen molar-refractivity contribution in [1.82, 2.24) is 9.80 Å². The maximum absolute atomic E-state index is 12.9. The van der Waals surface area contributed by atoms with Crippen LogP contribution in [0.2, 0.25) is 5.02 Å². The third-order valence-electron chi connectivity index (χ3n) is 6.43. The Bertz CT molecular complexity index is 1210. The number of nitrogens with one attached hydrogen (secondary N) is 1. The number of carbonyl (C=O) groups is 2. The van der Waals surface area contributed by atoms with Crippen molar-refractivity contribution in [2.24, 2.45) is 0 Å². The highest BCUT2D eigenvalue weighted by molar-refractivity contribution is 6.30. The maximum atomic E-state index is 12.9. The second-order valence-corrected chi connectivity index (χ2v) is 9.53. The first-order chi connectivity index (χ1) is 17.9. The number of halogens is 1. The van der Waals surface area contributed by atoms with E-state index in [0.717, 1.165) is 11.1 Å². The Morgan fingerprint density at radius 1 is 0.973 bits per heavy atom. The zero-order valence-corrected chi connectivity index (χ0v) is 21.9. The summed E-state index contributed by atoms with van der Waals surface area (Å²) in [5.41, 5.74) is 4.17. The minimum absolute atomic E-state index is 0.134. The highest BCUT2D eigenvalue weighted by atomic mass is 35.5. The van der Waals surface area contributed by atoms with E-state index in [-0.39, 0.29) is 12.1 Å². The molecule has 0 bridgehead atoms. The van der Waals surface area contributed by atoms with E-state index in [2.05, 4.69) is 35.3 Å². The summed E-state index contributed by atoms with van der Waals surface area (Å²) in [6.45, 7) is 5.84. The van der Waals surface area contributed by atoms with Gasteiger partial charge >= 0.3 is 12.0 Å². The standard InChI is InChI=1S/C29H32ClN3O4/c1-21-6-5-7-22(18-21)20-37-27(23-10-12-24(30)13-11-23)19-32-14-16-33(17-15-32)29(35)31-26-9-4-3-8-25(26)28(34)36-2/h3-13,18,27H,14-17,19-20H2,1-2H3,(H,31,35). The van der Waals surface area contributed by atoms with Crippen LogP contribution in [0, 0.1) is 6.92 Å². The Kier molecular flexibility index (Phi) is 9.17. The van der Waals surface area contributed by atoms with Gasteiger partial charge in [0.1, 0.15) is 0 Å². The second-order valence-electron chi connectivity index (χ2n) is 9.10. The van der Waals surface area contributed by atoms with Crippen LogP contribution in [0.15, 0.2) is 72.8 Å². The molecule has 3 aromatic rings. The molecule has 7 nitrogen and oxygen atoms in total. The quantitative estimate of drug-likeness (QED) is 0.394. The van der Waals surface area contributed by atoms with Gasteiger partial charge in [-0.3, -0.25) is 4.90 Å². The third kappa shape index (κ3) is 7.32. The molecule has 1 heterocycles. The molecule has 1 aliphatic heterocycles. The Hall–Kier alpha value is -3.39. The second kappa shape index (κ2) is 12.7. The molecule has 0 saturated carbocycles. The van der Waals surface area contributed by atoms with Crippen molar-refractivity contribution in [3.63, 3.8) is 0 Å². The lowest BCUT2D eigenvalue weighted by Crippen LogP contribution is -2.51. The van der Waals surface area contributed by atoms with Crippen molar-refractivity contribution in [3.8, 4) is 0 Å². The van der Waals surface area contributed by atoms with E-state index >= 15 is 0 Å². The van der Waals surface area contributed by atoms with Gasteiger partial charge in [-0.05, 0) is 42.3 Å². The first kappa shape index (κ1) is 26.7. The first-order valence-electron chi connectivity index (χ1n) is 12.3. The van der Waals surface area contributed by atoms with Crippen molar-refractivity contribution in [2.45, 2.75) is 19.6 Å². The highest BCUT2D eigenvalue weighted by Crippen LogP contribution is 2.24. The smallest absolute Gasteiger partial charge is 0.339 e. The Morgan fingerprint density at radius 3 is 2.41 bits per heavy atom. The number of amides is 2. The lowest BCUT2D eigenvalue weighted by atomic mass is 10.1. The summed E-state index contributed by atoms with van der Waals surface area (Å²) in [5.74, 6) is -0.486. The summed E-state index contributed by atoms with van der Waals surface area (Å²) >= 11 is 6.12. The minimum atomic E-state index is -0.486. The summed E-state index contributed by atoms with van der Waals surface area (Å²) in [6, 6.07) is 22.7. The Balaban J connectivity index is 1.36. The number of hydrogen-bond acceptors (Lipinski definition) is 5. The number of ether oxygens (including phenoxy) is 2. The van der Waals surface area contributed by atoms with Crippen LogP contribution in [0.3, 0.4) is 0 Å². The molecule has 1 unspecified atom stereocenters. The van der Waals surface area contributed by atoms with Gasteiger partial charge in [0.25, 0.3) is 0 Å². The molecule has 194 valence electrons. The number of benzene rings is 3. The number of para-hydroxylation sites is 1. The predicted molar refractivity (Wildman–Crippen MR) is 145 cm³/mol. The molecule has 1 aliphatic rings. The van der Waals surface area contributed by atoms with Gasteiger partial charge < -0.3 is 19.7 Å². The molecule has 3 aromatic carbocycles. The molecular formula is C29H32ClN3O4. The number of carbonyl (C=O) groups excluding carboxylic acids is 2. The van der Waals surface area contributed by atoms with Gasteiger partial charge in [0.2, 0.25) is 0 Å². The van der Waals surface area contributed by atoms with Crippen LogP contribution in [-0.4, -0.2) is 61.6 Å². The SMILES string of the molecule is COC(=O)c1ccccc1NC(=O)N1CCN(CC(OCc2cccc(C)c2)c2ccc(Cl)cc2)CC1. The number of piperazine rings is 1. The lowest BCUT2D eigenvalue weighted by Gasteiger charge is -2.36. The van der Waals surface area contributed by atoms with E-state index in [1.807, 2.05) is 30.3 Å². The first-order valence-corrected chi connectivity index (χ1v) is 12.7. The molecule has 1 atom stereocenters. The molecule has 1 N–H and O–H groups in total. The number of nitrogens with zero attached hydrogens (tertiary/aromatic N) is 2. The number of urea groups is 1. The number of methoxy groups -OCH3 is 1. The normalized spacial score (nSPS) is 14.7. The Morgan fingerprint density at radius 2 is 1.70 bits per heavy atom. The van der Waals surface area contributed by atoms with Crippen LogP contribution in [0.25, 0.3) is 0 Å². The van der Waals surface area contributed by atoms with Crippen LogP contribution in [0.1, 0.15) is 33.2 Å². The summed E-state index contributed by atoms with van der Waals surface area (Å²) in [6.07, 6.45) is -0.134. The van der Waals surface area contributed by atoms with Crippen molar-refractivity contribution in [3.05, 3.63) is 100 Å². The van der Waals surface area contributed by atoms with Crippen molar-refractivity contribution in [2.75, 3.05) is 45.2 Å². The van der Waals surface area contributed by atoms with Crippen LogP contribution < -0.4 is 5.32 Å². The predicted octanol–water partition coefficient (Wildman–Crippen LogP) is 5.54. The number of anilines is 1. The van der Waals surface area contributed by atoms with E-state index in [4.69, 9.17) is 21.1 Å². The molecule has 1 fully saturated rings. The molecule has 2 amide bonds. The Labute approximate surface area is 222 Å². The average Bonchev–Trinajstić information content (AvgIpc) is 2.92. The molecule has 0 aromatic heterocycles. The number of hydrogen-bond donors (Lipinski definition) is 1. The number of rotatable bonds is 8. The van der Waals surface area contributed by atoms with Gasteiger partial charge in [-0.25, -0.2) is 9.59 Å². The van der Waals surface area contributed by atoms with E-state index in [1.165, 1.54) is 12.7 Å². The number of aryl methyl sites for hydroxylation is 1. The average molecular weight is 522 g/mol. The van der Waals surface area contributed by atoms with E-state index in [1.54, 1.807) is 29.2 Å². The molecule has 37 heavy (non-hydrogen) atoms. The zero-order valence-electron chi connectivity index (χ0n) is 21.2. The number of esters is 1. The van der Waals surface area contributed by atoms with Crippen molar-refractivity contribution < 1.29 is 19.1 Å². The summed E-state index contributed by atoms with van der Waals surface area (Å²) in [5, 5.41) is 3.55. The minimum Gasteiger partial charge on any atom is -0.465 e. The zero-order chi connectivity index (χ0) is 26.2. The monoisotopic (exact) mass is 521 g/mol. The molecule has 0 aliphatic carbocycles. The molecule has 8 heteroatoms. The molecule has 0 radical (unpaired) electrons. The van der Waals surface area contributed by atoms with Crippen LogP contribution >= 0.6 is 11.6 Å². The highest BCUT2D eigenvalue weighted by Gasteiger charge is 2.25. The van der Waals surface area contributed by atoms with Gasteiger partial charge in [-0.15, -0.1) is 0 Å². The summed E-state index contributed by atoms with van der Waals surface area (Å²) in [4.78, 5) is 29.0. The van der Waals surface area contributed by atoms with E-state index in [0.29, 0.717) is 55.6 Å². The molecular weight excluding hydrogens is 490 g/mol. The maximum Gasteiger partial charge on any atom is 0.339 e. The van der Waals surface area contributed by atoms with Gasteiger partial charge in [0.15, 0.2) is 0 Å². The van der Waals surface area contributed by atoms with E-state index < -0.39 is 5.97 Å². The van der Waals surface area contributed by atoms with E-state index in [9.17, 15) is 9.59 Å². The third-order valence-corrected chi connectivity index (χ3v) is 6.68. The fourth-order valence-corrected chi connectivity index (χ4v) is 4.50. The fourth-order valence-electron chi connectivity index (χ4n) is 4.37. The van der Waals surface area contributed by atoms with Crippen LogP contribution in [0.5, 0.6) is 0 Å². The molecule has 1 saturated heterocycles. The fraction of sp³-hybridized carbons (Fsp3) is 0.310. The van der Waals surface area contributed by atoms with Gasteiger partial charge in [-0.2, -0.15) is 0 Å². The van der Waals surface area contributed by atoms with Crippen LogP contribution in [0.4, 0.5) is 10.5 Å². The lowest BCUT2D eigenvalue weighted by molar-refractivity contribution is 0.00592. The van der Waals surface area contributed by atoms with Crippen molar-refractivity contribution >= 4 is 29.3 Å². The van der Waals surface area contributed by atoms with Gasteiger partial charge in [0.05, 0.1) is 31.1 Å². The summed E-state index contributed by atoms with van der Waals surface area (Å²) < 4.78 is 11.2. The van der Waals surface area contributed by atoms with Gasteiger partial charge in [0, 0.05) is 37.7 Å². The van der Waals surface area contributed by atoms with Gasteiger partial charge in [-0.1, -0.05) is 65.7 Å². The van der Waals surface area contributed by atoms with Crippen LogP contribution in [-0.2, 0) is 16.1 Å². The molecule has 0 spiro atoms.